The number of hydrogen-bond acceptors (Lipinski definition) is 1. The molecule has 10 aromatic carbocycles. The molecule has 0 N–H and O–H groups in total. The Morgan fingerprint density at radius 1 is 0.268 bits per heavy atom. The Hall–Kier alpha value is -7.00. The average Bonchev–Trinajstić information content (AvgIpc) is 3.82. The second-order valence-electron chi connectivity index (χ2n) is 14.8. The smallest absolute Gasteiger partial charge is 0.0547 e. The predicted molar refractivity (Wildman–Crippen MR) is 242 cm³/mol. The summed E-state index contributed by atoms with van der Waals surface area (Å²) in [7, 11) is 0. The van der Waals surface area contributed by atoms with Gasteiger partial charge in [-0.2, -0.15) is 0 Å². The van der Waals surface area contributed by atoms with Gasteiger partial charge in [-0.1, -0.05) is 170 Å². The summed E-state index contributed by atoms with van der Waals surface area (Å²) in [5.41, 5.74) is 11.0. The van der Waals surface area contributed by atoms with Crippen molar-refractivity contribution in [3.8, 4) is 39.1 Å². The highest BCUT2D eigenvalue weighted by Crippen LogP contribution is 2.45. The topological polar surface area (TPSA) is 4.93 Å². The molecular weight excluding hydrogens is 695 g/mol. The van der Waals surface area contributed by atoms with Gasteiger partial charge in [0.15, 0.2) is 0 Å². The van der Waals surface area contributed by atoms with Crippen LogP contribution in [0.3, 0.4) is 0 Å². The second kappa shape index (κ2) is 12.3. The molecule has 0 aliphatic rings. The lowest BCUT2D eigenvalue weighted by Crippen LogP contribution is -1.94. The number of aromatic nitrogens is 1. The van der Waals surface area contributed by atoms with Crippen LogP contribution in [0.25, 0.3) is 113 Å². The molecule has 12 rings (SSSR count). The molecular formula is C54H33NS. The van der Waals surface area contributed by atoms with E-state index in [4.69, 9.17) is 0 Å². The molecule has 0 aliphatic heterocycles. The zero-order chi connectivity index (χ0) is 36.7. The minimum atomic E-state index is 1.15. The molecule has 0 bridgehead atoms. The van der Waals surface area contributed by atoms with E-state index in [1.165, 1.54) is 108 Å². The van der Waals surface area contributed by atoms with Gasteiger partial charge in [-0.25, -0.2) is 0 Å². The maximum atomic E-state index is 2.46. The summed E-state index contributed by atoms with van der Waals surface area (Å²) in [5, 5.41) is 12.9. The van der Waals surface area contributed by atoms with E-state index in [1.54, 1.807) is 0 Å². The summed E-state index contributed by atoms with van der Waals surface area (Å²) >= 11 is 1.91. The monoisotopic (exact) mass is 727 g/mol. The molecule has 2 aromatic heterocycles. The number of para-hydroxylation sites is 1. The zero-order valence-corrected chi connectivity index (χ0v) is 31.2. The Labute approximate surface area is 327 Å². The lowest BCUT2D eigenvalue weighted by Gasteiger charge is -2.14. The highest BCUT2D eigenvalue weighted by molar-refractivity contribution is 7.26. The first kappa shape index (κ1) is 31.4. The van der Waals surface area contributed by atoms with Crippen LogP contribution < -0.4 is 0 Å². The van der Waals surface area contributed by atoms with Crippen molar-refractivity contribution in [2.75, 3.05) is 0 Å². The normalized spacial score (nSPS) is 11.9. The standard InChI is InChI=1S/C54H33NS/c1-2-13-34(14-3-1)39-22-11-24-48-49-25-12-23-40(54(49)56-53(39)48)37-28-30-47-46-21-8-9-26-51(46)55(52(47)33-37)38-16-10-15-35(31-38)36-27-29-45-43-19-5-4-17-41(43)42-18-6-7-20-44(42)50(45)32-36/h1-33H. The van der Waals surface area contributed by atoms with E-state index < -0.39 is 0 Å². The van der Waals surface area contributed by atoms with Gasteiger partial charge in [0.05, 0.1) is 11.0 Å². The van der Waals surface area contributed by atoms with Crippen LogP contribution in [0.5, 0.6) is 0 Å². The van der Waals surface area contributed by atoms with E-state index >= 15 is 0 Å². The maximum absolute atomic E-state index is 2.46. The fourth-order valence-electron chi connectivity index (χ4n) is 9.22. The maximum Gasteiger partial charge on any atom is 0.0547 e. The lowest BCUT2D eigenvalue weighted by molar-refractivity contribution is 1.18. The summed E-state index contributed by atoms with van der Waals surface area (Å²) in [4.78, 5) is 0. The first-order valence-corrected chi connectivity index (χ1v) is 20.1. The second-order valence-corrected chi connectivity index (χ2v) is 15.8. The molecule has 0 radical (unpaired) electrons. The third-order valence-corrected chi connectivity index (χ3v) is 13.1. The average molecular weight is 728 g/mol. The summed E-state index contributed by atoms with van der Waals surface area (Å²) < 4.78 is 5.12. The molecule has 0 spiro atoms. The van der Waals surface area contributed by atoms with Gasteiger partial charge in [0.25, 0.3) is 0 Å². The number of benzene rings is 10. The lowest BCUT2D eigenvalue weighted by atomic mass is 9.92. The Morgan fingerprint density at radius 3 is 1.46 bits per heavy atom. The van der Waals surface area contributed by atoms with E-state index in [2.05, 4.69) is 205 Å². The van der Waals surface area contributed by atoms with Crippen LogP contribution in [0, 0.1) is 0 Å². The number of rotatable bonds is 4. The van der Waals surface area contributed by atoms with Gasteiger partial charge in [-0.05, 0) is 96.0 Å². The van der Waals surface area contributed by atoms with Crippen molar-refractivity contribution in [1.82, 2.24) is 4.57 Å². The SMILES string of the molecule is c1ccc(-c2cccc3c2sc2c(-c4ccc5c6ccccc6n(-c6cccc(-c7ccc8c9ccccc9c9ccccc9c8c7)c6)c5c4)cccc23)cc1. The Bertz CT molecular complexity index is 3500. The molecule has 2 heterocycles. The molecule has 2 heteroatoms. The van der Waals surface area contributed by atoms with Gasteiger partial charge in [0, 0.05) is 36.6 Å². The van der Waals surface area contributed by atoms with E-state index in [0.717, 1.165) is 5.69 Å². The predicted octanol–water partition coefficient (Wildman–Crippen LogP) is 15.6. The first-order chi connectivity index (χ1) is 27.8. The van der Waals surface area contributed by atoms with Gasteiger partial charge in [0.2, 0.25) is 0 Å². The van der Waals surface area contributed by atoms with Gasteiger partial charge in [-0.15, -0.1) is 11.3 Å². The van der Waals surface area contributed by atoms with Crippen LogP contribution in [0.15, 0.2) is 200 Å². The van der Waals surface area contributed by atoms with Crippen molar-refractivity contribution in [2.45, 2.75) is 0 Å². The summed E-state index contributed by atoms with van der Waals surface area (Å²) in [6, 6.07) is 73.9. The Morgan fingerprint density at radius 2 is 0.750 bits per heavy atom. The van der Waals surface area contributed by atoms with Gasteiger partial charge >= 0.3 is 0 Å². The minimum absolute atomic E-state index is 1.15. The van der Waals surface area contributed by atoms with Gasteiger partial charge < -0.3 is 4.57 Å². The molecule has 0 atom stereocenters. The number of hydrogen-bond donors (Lipinski definition) is 0. The fraction of sp³-hybridized carbons (Fsp3) is 0. The van der Waals surface area contributed by atoms with Crippen molar-refractivity contribution in [3.63, 3.8) is 0 Å². The highest BCUT2D eigenvalue weighted by Gasteiger charge is 2.18. The molecule has 0 saturated carbocycles. The molecule has 0 aliphatic carbocycles. The van der Waals surface area contributed by atoms with Crippen LogP contribution in [0.2, 0.25) is 0 Å². The van der Waals surface area contributed by atoms with Crippen LogP contribution in [-0.2, 0) is 0 Å². The van der Waals surface area contributed by atoms with Crippen LogP contribution in [0.4, 0.5) is 0 Å². The fourth-order valence-corrected chi connectivity index (χ4v) is 10.6. The summed E-state index contributed by atoms with van der Waals surface area (Å²) in [6.07, 6.45) is 0. The molecule has 1 nitrogen and oxygen atoms in total. The number of fused-ring (bicyclic) bond motifs is 12. The van der Waals surface area contributed by atoms with Crippen molar-refractivity contribution in [3.05, 3.63) is 200 Å². The minimum Gasteiger partial charge on any atom is -0.309 e. The quantitative estimate of drug-likeness (QED) is 0.159. The molecule has 0 unspecified atom stereocenters. The largest absolute Gasteiger partial charge is 0.309 e. The molecule has 260 valence electrons. The molecule has 12 aromatic rings. The van der Waals surface area contributed by atoms with E-state index in [-0.39, 0.29) is 0 Å². The van der Waals surface area contributed by atoms with Gasteiger partial charge in [-0.3, -0.25) is 0 Å². The summed E-state index contributed by atoms with van der Waals surface area (Å²) in [5.74, 6) is 0. The molecule has 0 saturated heterocycles. The van der Waals surface area contributed by atoms with Crippen molar-refractivity contribution in [1.29, 1.82) is 0 Å². The van der Waals surface area contributed by atoms with Crippen LogP contribution >= 0.6 is 11.3 Å². The van der Waals surface area contributed by atoms with Gasteiger partial charge in [0.1, 0.15) is 0 Å². The highest BCUT2D eigenvalue weighted by atomic mass is 32.1. The third kappa shape index (κ3) is 4.67. The van der Waals surface area contributed by atoms with Crippen molar-refractivity contribution < 1.29 is 0 Å². The Kier molecular flexibility index (Phi) is 6.87. The number of thiophene rings is 1. The third-order valence-electron chi connectivity index (χ3n) is 11.8. The Balaban J connectivity index is 1.04. The van der Waals surface area contributed by atoms with E-state index in [1.807, 2.05) is 11.3 Å². The molecule has 0 fully saturated rings. The van der Waals surface area contributed by atoms with Crippen LogP contribution in [0.1, 0.15) is 0 Å². The van der Waals surface area contributed by atoms with Crippen molar-refractivity contribution >= 4 is 85.6 Å². The molecule has 0 amide bonds. The van der Waals surface area contributed by atoms with E-state index in [9.17, 15) is 0 Å². The first-order valence-electron chi connectivity index (χ1n) is 19.3. The van der Waals surface area contributed by atoms with Crippen LogP contribution in [-0.4, -0.2) is 4.57 Å². The summed E-state index contributed by atoms with van der Waals surface area (Å²) in [6.45, 7) is 0. The number of nitrogens with zero attached hydrogens (tertiary/aromatic N) is 1. The zero-order valence-electron chi connectivity index (χ0n) is 30.4. The van der Waals surface area contributed by atoms with Crippen molar-refractivity contribution in [2.24, 2.45) is 0 Å². The van der Waals surface area contributed by atoms with E-state index in [0.29, 0.717) is 0 Å². The molecule has 56 heavy (non-hydrogen) atoms.